The molecule has 2 heterocycles. The van der Waals surface area contributed by atoms with E-state index in [9.17, 15) is 9.18 Å². The average molecular weight is 401 g/mol. The van der Waals surface area contributed by atoms with Crippen LogP contribution in [0.2, 0.25) is 0 Å². The molecule has 0 aliphatic rings. The lowest BCUT2D eigenvalue weighted by Gasteiger charge is -2.13. The number of carbonyl (C=O) groups is 1. The number of rotatable bonds is 7. The van der Waals surface area contributed by atoms with Gasteiger partial charge in [0.15, 0.2) is 0 Å². The van der Waals surface area contributed by atoms with Crippen LogP contribution in [0.3, 0.4) is 0 Å². The molecule has 28 heavy (non-hydrogen) atoms. The third-order valence-electron chi connectivity index (χ3n) is 4.57. The fraction of sp³-hybridized carbons (Fsp3) is 0.381. The van der Waals surface area contributed by atoms with Crippen molar-refractivity contribution in [3.8, 4) is 5.69 Å². The van der Waals surface area contributed by atoms with Crippen LogP contribution in [0.15, 0.2) is 30.5 Å². The highest BCUT2D eigenvalue weighted by Gasteiger charge is 2.21. The Morgan fingerprint density at radius 1 is 1.29 bits per heavy atom. The van der Waals surface area contributed by atoms with Crippen LogP contribution in [-0.2, 0) is 12.8 Å². The summed E-state index contributed by atoms with van der Waals surface area (Å²) in [6, 6.07) is 6.10. The molecule has 0 bridgehead atoms. The minimum atomic E-state index is -0.302. The molecule has 5 nitrogen and oxygen atoms in total. The maximum atomic E-state index is 13.2. The summed E-state index contributed by atoms with van der Waals surface area (Å²) < 4.78 is 14.9. The second-order valence-corrected chi connectivity index (χ2v) is 8.24. The van der Waals surface area contributed by atoms with Crippen molar-refractivity contribution in [2.24, 2.45) is 0 Å². The topological polar surface area (TPSA) is 59.8 Å². The van der Waals surface area contributed by atoms with Gasteiger partial charge in [0, 0.05) is 17.8 Å². The SMILES string of the molecule is CCc1nc(CCNC(=O)c2cnn(-c3ccc(F)cc3)c2C(C)C)sc1C. The Labute approximate surface area is 168 Å². The predicted molar refractivity (Wildman–Crippen MR) is 110 cm³/mol. The van der Waals surface area contributed by atoms with E-state index in [1.165, 1.54) is 17.0 Å². The summed E-state index contributed by atoms with van der Waals surface area (Å²) in [7, 11) is 0. The Kier molecular flexibility index (Phi) is 6.24. The van der Waals surface area contributed by atoms with E-state index >= 15 is 0 Å². The summed E-state index contributed by atoms with van der Waals surface area (Å²) in [6.07, 6.45) is 3.21. The van der Waals surface area contributed by atoms with Gasteiger partial charge in [0.05, 0.1) is 33.8 Å². The van der Waals surface area contributed by atoms with Crippen LogP contribution in [0, 0.1) is 12.7 Å². The number of carbonyl (C=O) groups excluding carboxylic acids is 1. The lowest BCUT2D eigenvalue weighted by Crippen LogP contribution is -2.26. The highest BCUT2D eigenvalue weighted by atomic mass is 32.1. The van der Waals surface area contributed by atoms with Crippen LogP contribution in [0.4, 0.5) is 4.39 Å². The predicted octanol–water partition coefficient (Wildman–Crippen LogP) is 4.43. The average Bonchev–Trinajstić information content (AvgIpc) is 3.26. The van der Waals surface area contributed by atoms with Gasteiger partial charge in [0.1, 0.15) is 5.82 Å². The smallest absolute Gasteiger partial charge is 0.254 e. The molecule has 0 fully saturated rings. The van der Waals surface area contributed by atoms with E-state index in [0.717, 1.165) is 28.5 Å². The van der Waals surface area contributed by atoms with Crippen LogP contribution in [0.25, 0.3) is 5.69 Å². The van der Waals surface area contributed by atoms with Gasteiger partial charge >= 0.3 is 0 Å². The number of hydrogen-bond acceptors (Lipinski definition) is 4. The van der Waals surface area contributed by atoms with Gasteiger partial charge in [-0.05, 0) is 43.5 Å². The number of thiazole rings is 1. The molecular weight excluding hydrogens is 375 g/mol. The van der Waals surface area contributed by atoms with Crippen molar-refractivity contribution in [3.05, 3.63) is 63.1 Å². The number of aromatic nitrogens is 3. The number of nitrogens with zero attached hydrogens (tertiary/aromatic N) is 3. The number of aryl methyl sites for hydroxylation is 2. The number of hydrogen-bond donors (Lipinski definition) is 1. The molecule has 148 valence electrons. The monoisotopic (exact) mass is 400 g/mol. The summed E-state index contributed by atoms with van der Waals surface area (Å²) in [5.74, 6) is -0.369. The minimum Gasteiger partial charge on any atom is -0.352 e. The van der Waals surface area contributed by atoms with Crippen LogP contribution >= 0.6 is 11.3 Å². The second-order valence-electron chi connectivity index (χ2n) is 6.96. The summed E-state index contributed by atoms with van der Waals surface area (Å²) in [6.45, 7) is 8.72. The molecule has 1 N–H and O–H groups in total. The van der Waals surface area contributed by atoms with Gasteiger partial charge in [0.25, 0.3) is 5.91 Å². The second kappa shape index (κ2) is 8.65. The Hall–Kier alpha value is -2.54. The number of amides is 1. The molecular formula is C21H25FN4OS. The molecule has 3 aromatic rings. The van der Waals surface area contributed by atoms with Crippen molar-refractivity contribution in [2.75, 3.05) is 6.54 Å². The third-order valence-corrected chi connectivity index (χ3v) is 5.64. The van der Waals surface area contributed by atoms with Crippen LogP contribution in [0.1, 0.15) is 58.3 Å². The summed E-state index contributed by atoms with van der Waals surface area (Å²) in [5, 5.41) is 8.39. The first-order chi connectivity index (χ1) is 13.4. The van der Waals surface area contributed by atoms with E-state index < -0.39 is 0 Å². The molecule has 0 saturated heterocycles. The van der Waals surface area contributed by atoms with E-state index in [-0.39, 0.29) is 17.6 Å². The Morgan fingerprint density at radius 2 is 2.00 bits per heavy atom. The number of nitrogens with one attached hydrogen (secondary N) is 1. The lowest BCUT2D eigenvalue weighted by atomic mass is 10.0. The van der Waals surface area contributed by atoms with Crippen molar-refractivity contribution in [1.82, 2.24) is 20.1 Å². The number of halogens is 1. The fourth-order valence-electron chi connectivity index (χ4n) is 3.18. The lowest BCUT2D eigenvalue weighted by molar-refractivity contribution is 0.0952. The zero-order valence-corrected chi connectivity index (χ0v) is 17.4. The molecule has 0 atom stereocenters. The molecule has 7 heteroatoms. The van der Waals surface area contributed by atoms with Crippen molar-refractivity contribution in [2.45, 2.75) is 46.5 Å². The molecule has 0 aliphatic carbocycles. The summed E-state index contributed by atoms with van der Waals surface area (Å²) >= 11 is 1.69. The van der Waals surface area contributed by atoms with E-state index in [4.69, 9.17) is 0 Å². The van der Waals surface area contributed by atoms with Gasteiger partial charge in [-0.25, -0.2) is 14.1 Å². The first-order valence-electron chi connectivity index (χ1n) is 9.48. The highest BCUT2D eigenvalue weighted by molar-refractivity contribution is 7.11. The van der Waals surface area contributed by atoms with E-state index in [0.29, 0.717) is 18.5 Å². The molecule has 0 unspecified atom stereocenters. The molecule has 0 spiro atoms. The normalized spacial score (nSPS) is 11.2. The minimum absolute atomic E-state index is 0.0852. The van der Waals surface area contributed by atoms with Crippen molar-refractivity contribution >= 4 is 17.2 Å². The summed E-state index contributed by atoms with van der Waals surface area (Å²) in [5.41, 5.74) is 3.22. The zero-order chi connectivity index (χ0) is 20.3. The van der Waals surface area contributed by atoms with Crippen LogP contribution in [-0.4, -0.2) is 27.2 Å². The molecule has 0 radical (unpaired) electrons. The van der Waals surface area contributed by atoms with E-state index in [2.05, 4.69) is 29.2 Å². The molecule has 1 aromatic carbocycles. The Balaban J connectivity index is 1.73. The van der Waals surface area contributed by atoms with E-state index in [1.807, 2.05) is 13.8 Å². The van der Waals surface area contributed by atoms with Crippen molar-refractivity contribution in [1.29, 1.82) is 0 Å². The van der Waals surface area contributed by atoms with Crippen molar-refractivity contribution in [3.63, 3.8) is 0 Å². The fourth-order valence-corrected chi connectivity index (χ4v) is 4.20. The van der Waals surface area contributed by atoms with Gasteiger partial charge < -0.3 is 5.32 Å². The van der Waals surface area contributed by atoms with Crippen LogP contribution in [0.5, 0.6) is 0 Å². The third kappa shape index (κ3) is 4.30. The molecule has 1 amide bonds. The number of benzene rings is 1. The maximum absolute atomic E-state index is 13.2. The molecule has 2 aromatic heterocycles. The van der Waals surface area contributed by atoms with Crippen molar-refractivity contribution < 1.29 is 9.18 Å². The molecule has 0 aliphatic heterocycles. The quantitative estimate of drug-likeness (QED) is 0.638. The van der Waals surface area contributed by atoms with Gasteiger partial charge in [-0.15, -0.1) is 11.3 Å². The highest BCUT2D eigenvalue weighted by Crippen LogP contribution is 2.23. The summed E-state index contributed by atoms with van der Waals surface area (Å²) in [4.78, 5) is 18.6. The first kappa shape index (κ1) is 20.2. The largest absolute Gasteiger partial charge is 0.352 e. The van der Waals surface area contributed by atoms with Gasteiger partial charge in [-0.2, -0.15) is 5.10 Å². The first-order valence-corrected chi connectivity index (χ1v) is 10.3. The van der Waals surface area contributed by atoms with Gasteiger partial charge in [-0.3, -0.25) is 4.79 Å². The molecule has 3 rings (SSSR count). The van der Waals surface area contributed by atoms with Gasteiger partial charge in [0.2, 0.25) is 0 Å². The maximum Gasteiger partial charge on any atom is 0.254 e. The Bertz CT molecular complexity index is 959. The van der Waals surface area contributed by atoms with Gasteiger partial charge in [-0.1, -0.05) is 20.8 Å². The van der Waals surface area contributed by atoms with Crippen LogP contribution < -0.4 is 5.32 Å². The van der Waals surface area contributed by atoms with E-state index in [1.54, 1.807) is 34.3 Å². The standard InChI is InChI=1S/C21H25FN4OS/c1-5-18-14(4)28-19(25-18)10-11-23-21(27)17-12-24-26(20(17)13(2)3)16-8-6-15(22)7-9-16/h6-9,12-13H,5,10-11H2,1-4H3,(H,23,27). The molecule has 0 saturated carbocycles. The Morgan fingerprint density at radius 3 is 2.61 bits per heavy atom. The zero-order valence-electron chi connectivity index (χ0n) is 16.6.